The van der Waals surface area contributed by atoms with Crippen molar-refractivity contribution in [2.75, 3.05) is 11.9 Å². The number of rotatable bonds is 5. The van der Waals surface area contributed by atoms with Gasteiger partial charge in [0.15, 0.2) is 0 Å². The molecule has 2 aromatic rings. The smallest absolute Gasteiger partial charge is 0.270 e. The molecule has 0 spiro atoms. The van der Waals surface area contributed by atoms with E-state index in [0.717, 1.165) is 18.9 Å². The Kier molecular flexibility index (Phi) is 3.40. The second-order valence-corrected chi connectivity index (χ2v) is 5.28. The summed E-state index contributed by atoms with van der Waals surface area (Å²) in [5.41, 5.74) is 0.960. The first-order valence-electron chi connectivity index (χ1n) is 6.90. The zero-order valence-electron chi connectivity index (χ0n) is 11.4. The predicted molar refractivity (Wildman–Crippen MR) is 78.9 cm³/mol. The van der Waals surface area contributed by atoms with Crippen molar-refractivity contribution in [2.45, 2.75) is 19.3 Å². The number of nitro benzene ring substituents is 1. The Hall–Kier alpha value is -2.68. The molecule has 21 heavy (non-hydrogen) atoms. The van der Waals surface area contributed by atoms with Crippen LogP contribution in [0.1, 0.15) is 24.8 Å². The van der Waals surface area contributed by atoms with Gasteiger partial charge in [-0.15, -0.1) is 0 Å². The summed E-state index contributed by atoms with van der Waals surface area (Å²) in [6, 6.07) is 8.13. The summed E-state index contributed by atoms with van der Waals surface area (Å²) >= 11 is 0. The highest BCUT2D eigenvalue weighted by molar-refractivity contribution is 5.88. The van der Waals surface area contributed by atoms with Gasteiger partial charge < -0.3 is 5.32 Å². The molecule has 0 unspecified atom stereocenters. The van der Waals surface area contributed by atoms with E-state index >= 15 is 0 Å². The number of anilines is 1. The van der Waals surface area contributed by atoms with Crippen molar-refractivity contribution in [1.29, 1.82) is 5.26 Å². The normalized spacial score (nSPS) is 13.9. The number of nitro groups is 1. The standard InChI is InChI=1S/C15H14N4O2/c16-9-11-7-15(17-6-5-10-1-2-10)18-14-4-3-12(19(20)21)8-13(11)14/h3-4,7-8,10H,1-2,5-6H2,(H,17,18). The highest BCUT2D eigenvalue weighted by Crippen LogP contribution is 2.32. The molecule has 0 amide bonds. The molecule has 0 atom stereocenters. The topological polar surface area (TPSA) is 91.8 Å². The molecule has 1 heterocycles. The van der Waals surface area contributed by atoms with Gasteiger partial charge in [-0.3, -0.25) is 10.1 Å². The number of nitrogens with zero attached hydrogens (tertiary/aromatic N) is 3. The lowest BCUT2D eigenvalue weighted by Gasteiger charge is -2.07. The van der Waals surface area contributed by atoms with Gasteiger partial charge in [-0.05, 0) is 24.5 Å². The molecule has 1 aromatic heterocycles. The summed E-state index contributed by atoms with van der Waals surface area (Å²) in [7, 11) is 0. The zero-order chi connectivity index (χ0) is 14.8. The van der Waals surface area contributed by atoms with Crippen molar-refractivity contribution in [3.8, 4) is 6.07 Å². The fraction of sp³-hybridized carbons (Fsp3) is 0.333. The molecule has 0 bridgehead atoms. The maximum Gasteiger partial charge on any atom is 0.270 e. The first-order chi connectivity index (χ1) is 10.2. The van der Waals surface area contributed by atoms with Crippen LogP contribution in [0.5, 0.6) is 0 Å². The van der Waals surface area contributed by atoms with Gasteiger partial charge in [-0.25, -0.2) is 4.98 Å². The molecule has 0 radical (unpaired) electrons. The lowest BCUT2D eigenvalue weighted by Crippen LogP contribution is -2.04. The van der Waals surface area contributed by atoms with E-state index in [1.165, 1.54) is 25.0 Å². The summed E-state index contributed by atoms with van der Waals surface area (Å²) < 4.78 is 0. The van der Waals surface area contributed by atoms with Crippen LogP contribution in [0.4, 0.5) is 11.5 Å². The number of nitrogens with one attached hydrogen (secondary N) is 1. The number of hydrogen-bond donors (Lipinski definition) is 1. The molecular weight excluding hydrogens is 268 g/mol. The second-order valence-electron chi connectivity index (χ2n) is 5.28. The third-order valence-corrected chi connectivity index (χ3v) is 3.68. The Morgan fingerprint density at radius 1 is 1.43 bits per heavy atom. The summed E-state index contributed by atoms with van der Waals surface area (Å²) in [6.07, 6.45) is 3.72. The third kappa shape index (κ3) is 2.92. The Bertz CT molecular complexity index is 747. The van der Waals surface area contributed by atoms with Crippen LogP contribution in [-0.4, -0.2) is 16.5 Å². The van der Waals surface area contributed by atoms with E-state index in [2.05, 4.69) is 16.4 Å². The van der Waals surface area contributed by atoms with E-state index in [1.54, 1.807) is 12.1 Å². The minimum absolute atomic E-state index is 0.0322. The van der Waals surface area contributed by atoms with Gasteiger partial charge >= 0.3 is 0 Å². The minimum Gasteiger partial charge on any atom is -0.370 e. The van der Waals surface area contributed by atoms with E-state index in [1.807, 2.05) is 0 Å². The summed E-state index contributed by atoms with van der Waals surface area (Å²) in [6.45, 7) is 0.834. The van der Waals surface area contributed by atoms with Crippen molar-refractivity contribution < 1.29 is 4.92 Å². The highest BCUT2D eigenvalue weighted by Gasteiger charge is 2.20. The molecule has 106 valence electrons. The van der Waals surface area contributed by atoms with Gasteiger partial charge in [0.05, 0.1) is 22.1 Å². The van der Waals surface area contributed by atoms with Crippen molar-refractivity contribution >= 4 is 22.4 Å². The fourth-order valence-electron chi connectivity index (χ4n) is 2.32. The van der Waals surface area contributed by atoms with E-state index < -0.39 is 4.92 Å². The van der Waals surface area contributed by atoms with E-state index in [9.17, 15) is 15.4 Å². The Balaban J connectivity index is 1.91. The number of fused-ring (bicyclic) bond motifs is 1. The Labute approximate surface area is 121 Å². The molecule has 1 aliphatic carbocycles. The molecule has 1 fully saturated rings. The maximum atomic E-state index is 10.8. The number of pyridine rings is 1. The van der Waals surface area contributed by atoms with Crippen LogP contribution in [0, 0.1) is 27.4 Å². The molecule has 0 saturated heterocycles. The lowest BCUT2D eigenvalue weighted by atomic mass is 10.1. The van der Waals surface area contributed by atoms with Crippen LogP contribution in [-0.2, 0) is 0 Å². The number of benzene rings is 1. The van der Waals surface area contributed by atoms with Crippen molar-refractivity contribution in [3.63, 3.8) is 0 Å². The van der Waals surface area contributed by atoms with E-state index in [4.69, 9.17) is 0 Å². The third-order valence-electron chi connectivity index (χ3n) is 3.68. The molecule has 0 aliphatic heterocycles. The first kappa shape index (κ1) is 13.3. The number of hydrogen-bond acceptors (Lipinski definition) is 5. The van der Waals surface area contributed by atoms with Crippen molar-refractivity contribution in [3.05, 3.63) is 39.9 Å². The largest absolute Gasteiger partial charge is 0.370 e. The number of non-ortho nitro benzene ring substituents is 1. The number of aromatic nitrogens is 1. The van der Waals surface area contributed by atoms with Gasteiger partial charge in [-0.1, -0.05) is 12.8 Å². The Morgan fingerprint density at radius 2 is 2.24 bits per heavy atom. The summed E-state index contributed by atoms with van der Waals surface area (Å²) in [5.74, 6) is 1.48. The highest BCUT2D eigenvalue weighted by atomic mass is 16.6. The summed E-state index contributed by atoms with van der Waals surface area (Å²) in [4.78, 5) is 14.8. The molecule has 3 rings (SSSR count). The maximum absolute atomic E-state index is 10.8. The molecular formula is C15H14N4O2. The van der Waals surface area contributed by atoms with Crippen LogP contribution >= 0.6 is 0 Å². The van der Waals surface area contributed by atoms with Crippen molar-refractivity contribution in [2.24, 2.45) is 5.92 Å². The van der Waals surface area contributed by atoms with Crippen LogP contribution in [0.25, 0.3) is 10.9 Å². The quantitative estimate of drug-likeness (QED) is 0.671. The fourth-order valence-corrected chi connectivity index (χ4v) is 2.32. The van der Waals surface area contributed by atoms with Gasteiger partial charge in [0.1, 0.15) is 5.82 Å². The average molecular weight is 282 g/mol. The molecule has 1 aromatic carbocycles. The monoisotopic (exact) mass is 282 g/mol. The Morgan fingerprint density at radius 3 is 2.90 bits per heavy atom. The zero-order valence-corrected chi connectivity index (χ0v) is 11.4. The first-order valence-corrected chi connectivity index (χ1v) is 6.90. The van der Waals surface area contributed by atoms with Crippen molar-refractivity contribution in [1.82, 2.24) is 4.98 Å². The molecule has 1 N–H and O–H groups in total. The van der Waals surface area contributed by atoms with E-state index in [0.29, 0.717) is 22.3 Å². The van der Waals surface area contributed by atoms with E-state index in [-0.39, 0.29) is 5.69 Å². The predicted octanol–water partition coefficient (Wildman–Crippen LogP) is 3.23. The average Bonchev–Trinajstić information content (AvgIpc) is 3.30. The van der Waals surface area contributed by atoms with Gasteiger partial charge in [0.2, 0.25) is 0 Å². The summed E-state index contributed by atoms with van der Waals surface area (Å²) in [5, 5.41) is 23.8. The van der Waals surface area contributed by atoms with Gasteiger partial charge in [0, 0.05) is 24.1 Å². The van der Waals surface area contributed by atoms with Crippen LogP contribution < -0.4 is 5.32 Å². The minimum atomic E-state index is -0.470. The lowest BCUT2D eigenvalue weighted by molar-refractivity contribution is -0.384. The molecule has 1 saturated carbocycles. The SMILES string of the molecule is N#Cc1cc(NCCC2CC2)nc2ccc([N+](=O)[O-])cc12. The molecule has 6 heteroatoms. The van der Waals surface area contributed by atoms with Gasteiger partial charge in [0.25, 0.3) is 5.69 Å². The van der Waals surface area contributed by atoms with Crippen LogP contribution in [0.3, 0.4) is 0 Å². The van der Waals surface area contributed by atoms with Crippen LogP contribution in [0.15, 0.2) is 24.3 Å². The molecule has 1 aliphatic rings. The second kappa shape index (κ2) is 5.37. The molecule has 6 nitrogen and oxygen atoms in total. The number of nitriles is 1. The van der Waals surface area contributed by atoms with Gasteiger partial charge in [-0.2, -0.15) is 5.26 Å². The van der Waals surface area contributed by atoms with Crippen LogP contribution in [0.2, 0.25) is 0 Å².